The summed E-state index contributed by atoms with van der Waals surface area (Å²) in [5, 5.41) is 3.40. The second kappa shape index (κ2) is 3.61. The van der Waals surface area contributed by atoms with Crippen LogP contribution in [0.15, 0.2) is 5.51 Å². The number of piperazine rings is 1. The Bertz CT molecular complexity index is 317. The molecule has 3 nitrogen and oxygen atoms in total. The van der Waals surface area contributed by atoms with Crippen molar-refractivity contribution in [2.24, 2.45) is 0 Å². The molecular weight excluding hydrogens is 194 g/mol. The molecule has 2 heterocycles. The molecule has 0 bridgehead atoms. The van der Waals surface area contributed by atoms with Gasteiger partial charge in [-0.2, -0.15) is 0 Å². The van der Waals surface area contributed by atoms with Crippen molar-refractivity contribution in [3.8, 4) is 0 Å². The summed E-state index contributed by atoms with van der Waals surface area (Å²) in [6.07, 6.45) is 2.53. The smallest absolute Gasteiger partial charge is 0.0798 e. The van der Waals surface area contributed by atoms with Crippen molar-refractivity contribution < 1.29 is 0 Å². The Balaban J connectivity index is 1.80. The van der Waals surface area contributed by atoms with E-state index in [-0.39, 0.29) is 0 Å². The lowest BCUT2D eigenvalue weighted by Crippen LogP contribution is -2.44. The molecule has 1 aromatic rings. The maximum Gasteiger partial charge on any atom is 0.0798 e. The summed E-state index contributed by atoms with van der Waals surface area (Å²) in [4.78, 5) is 8.62. The quantitative estimate of drug-likeness (QED) is 0.749. The van der Waals surface area contributed by atoms with Crippen LogP contribution in [0.25, 0.3) is 0 Å². The molecule has 0 saturated carbocycles. The highest BCUT2D eigenvalue weighted by Gasteiger charge is 2.30. The Hall–Kier alpha value is -0.450. The SMILES string of the molecule is c1nc2c(s1)CCC2N1CCNCC1. The maximum absolute atomic E-state index is 4.51. The van der Waals surface area contributed by atoms with Crippen LogP contribution in [-0.4, -0.2) is 36.1 Å². The minimum Gasteiger partial charge on any atom is -0.314 e. The van der Waals surface area contributed by atoms with Gasteiger partial charge in [-0.05, 0) is 12.8 Å². The number of thiazole rings is 1. The molecule has 4 heteroatoms. The largest absolute Gasteiger partial charge is 0.314 e. The summed E-state index contributed by atoms with van der Waals surface area (Å²) in [5.41, 5.74) is 3.37. The average Bonchev–Trinajstić information content (AvgIpc) is 2.79. The highest BCUT2D eigenvalue weighted by molar-refractivity contribution is 7.09. The lowest BCUT2D eigenvalue weighted by Gasteiger charge is -2.32. The van der Waals surface area contributed by atoms with E-state index in [1.807, 2.05) is 16.8 Å². The van der Waals surface area contributed by atoms with E-state index in [0.717, 1.165) is 13.1 Å². The minimum absolute atomic E-state index is 0.623. The molecule has 1 atom stereocenters. The lowest BCUT2D eigenvalue weighted by molar-refractivity contribution is 0.171. The van der Waals surface area contributed by atoms with Gasteiger partial charge in [0, 0.05) is 31.1 Å². The van der Waals surface area contributed by atoms with Crippen LogP contribution in [0.3, 0.4) is 0 Å². The van der Waals surface area contributed by atoms with E-state index >= 15 is 0 Å². The standard InChI is InChI=1S/C10H15N3S/c1-2-9-10(12-7-14-9)8(1)13-5-3-11-4-6-13/h7-8,11H,1-6H2. The van der Waals surface area contributed by atoms with Crippen LogP contribution in [0, 0.1) is 0 Å². The van der Waals surface area contributed by atoms with Crippen molar-refractivity contribution in [1.82, 2.24) is 15.2 Å². The number of rotatable bonds is 1. The van der Waals surface area contributed by atoms with E-state index in [2.05, 4.69) is 15.2 Å². The van der Waals surface area contributed by atoms with Crippen LogP contribution < -0.4 is 5.32 Å². The third-order valence-electron chi connectivity index (χ3n) is 3.23. The molecule has 2 aliphatic rings. The lowest BCUT2D eigenvalue weighted by atomic mass is 10.2. The average molecular weight is 209 g/mol. The van der Waals surface area contributed by atoms with E-state index in [1.54, 1.807) is 0 Å². The molecule has 1 N–H and O–H groups in total. The summed E-state index contributed by atoms with van der Waals surface area (Å²) in [6.45, 7) is 4.63. The second-order valence-electron chi connectivity index (χ2n) is 4.00. The fraction of sp³-hybridized carbons (Fsp3) is 0.700. The highest BCUT2D eigenvalue weighted by Crippen LogP contribution is 2.36. The fourth-order valence-electron chi connectivity index (χ4n) is 2.49. The normalized spacial score (nSPS) is 27.9. The van der Waals surface area contributed by atoms with Gasteiger partial charge in [0.1, 0.15) is 0 Å². The predicted molar refractivity (Wildman–Crippen MR) is 57.6 cm³/mol. The Morgan fingerprint density at radius 1 is 1.43 bits per heavy atom. The van der Waals surface area contributed by atoms with Crippen molar-refractivity contribution in [1.29, 1.82) is 0 Å². The number of aromatic nitrogens is 1. The van der Waals surface area contributed by atoms with Gasteiger partial charge in [-0.1, -0.05) is 0 Å². The van der Waals surface area contributed by atoms with Crippen molar-refractivity contribution in [3.05, 3.63) is 16.1 Å². The Labute approximate surface area is 88.1 Å². The molecule has 1 fully saturated rings. The van der Waals surface area contributed by atoms with Crippen molar-refractivity contribution in [2.75, 3.05) is 26.2 Å². The predicted octanol–water partition coefficient (Wildman–Crippen LogP) is 1.04. The molecule has 14 heavy (non-hydrogen) atoms. The highest BCUT2D eigenvalue weighted by atomic mass is 32.1. The van der Waals surface area contributed by atoms with E-state index in [4.69, 9.17) is 0 Å². The minimum atomic E-state index is 0.623. The summed E-state index contributed by atoms with van der Waals surface area (Å²) < 4.78 is 0. The van der Waals surface area contributed by atoms with Crippen molar-refractivity contribution in [3.63, 3.8) is 0 Å². The monoisotopic (exact) mass is 209 g/mol. The third kappa shape index (κ3) is 1.38. The number of hydrogen-bond acceptors (Lipinski definition) is 4. The molecule has 76 valence electrons. The summed E-state index contributed by atoms with van der Waals surface area (Å²) in [5.74, 6) is 0. The van der Waals surface area contributed by atoms with Gasteiger partial charge in [-0.25, -0.2) is 4.98 Å². The zero-order valence-corrected chi connectivity index (χ0v) is 9.02. The Kier molecular flexibility index (Phi) is 2.27. The van der Waals surface area contributed by atoms with E-state index in [1.165, 1.54) is 36.5 Å². The molecule has 0 spiro atoms. The topological polar surface area (TPSA) is 28.2 Å². The first-order valence-electron chi connectivity index (χ1n) is 5.32. The first-order valence-corrected chi connectivity index (χ1v) is 6.20. The van der Waals surface area contributed by atoms with Crippen LogP contribution in [0.5, 0.6) is 0 Å². The van der Waals surface area contributed by atoms with Gasteiger partial charge in [-0.3, -0.25) is 4.90 Å². The van der Waals surface area contributed by atoms with Crippen LogP contribution in [-0.2, 0) is 6.42 Å². The zero-order chi connectivity index (χ0) is 9.38. The van der Waals surface area contributed by atoms with Gasteiger partial charge in [0.2, 0.25) is 0 Å². The number of aryl methyl sites for hydroxylation is 1. The third-order valence-corrected chi connectivity index (χ3v) is 4.13. The first kappa shape index (κ1) is 8.83. The first-order chi connectivity index (χ1) is 6.95. The van der Waals surface area contributed by atoms with Crippen LogP contribution in [0.4, 0.5) is 0 Å². The van der Waals surface area contributed by atoms with Crippen molar-refractivity contribution >= 4 is 11.3 Å². The molecule has 1 unspecified atom stereocenters. The van der Waals surface area contributed by atoms with E-state index < -0.39 is 0 Å². The Morgan fingerprint density at radius 3 is 3.14 bits per heavy atom. The Morgan fingerprint density at radius 2 is 2.29 bits per heavy atom. The molecule has 0 aromatic carbocycles. The molecule has 1 aromatic heterocycles. The molecule has 1 aliphatic carbocycles. The van der Waals surface area contributed by atoms with Crippen molar-refractivity contribution in [2.45, 2.75) is 18.9 Å². The van der Waals surface area contributed by atoms with Gasteiger partial charge in [0.05, 0.1) is 17.2 Å². The summed E-state index contributed by atoms with van der Waals surface area (Å²) in [6, 6.07) is 0.623. The van der Waals surface area contributed by atoms with Gasteiger partial charge < -0.3 is 5.32 Å². The molecule has 1 saturated heterocycles. The molecule has 1 aliphatic heterocycles. The van der Waals surface area contributed by atoms with E-state index in [0.29, 0.717) is 6.04 Å². The molecule has 3 rings (SSSR count). The number of nitrogens with one attached hydrogen (secondary N) is 1. The van der Waals surface area contributed by atoms with E-state index in [9.17, 15) is 0 Å². The summed E-state index contributed by atoms with van der Waals surface area (Å²) in [7, 11) is 0. The number of hydrogen-bond donors (Lipinski definition) is 1. The number of nitrogens with zero attached hydrogens (tertiary/aromatic N) is 2. The number of fused-ring (bicyclic) bond motifs is 1. The molecule has 0 radical (unpaired) electrons. The maximum atomic E-state index is 4.51. The van der Waals surface area contributed by atoms with Gasteiger partial charge >= 0.3 is 0 Å². The second-order valence-corrected chi connectivity index (χ2v) is 4.94. The summed E-state index contributed by atoms with van der Waals surface area (Å²) >= 11 is 1.83. The molecule has 0 amide bonds. The van der Waals surface area contributed by atoms with Crippen LogP contribution in [0.1, 0.15) is 23.0 Å². The van der Waals surface area contributed by atoms with Crippen LogP contribution in [0.2, 0.25) is 0 Å². The fourth-order valence-corrected chi connectivity index (χ4v) is 3.33. The van der Waals surface area contributed by atoms with Crippen LogP contribution >= 0.6 is 11.3 Å². The molecular formula is C10H15N3S. The van der Waals surface area contributed by atoms with Gasteiger partial charge in [-0.15, -0.1) is 11.3 Å². The van der Waals surface area contributed by atoms with Gasteiger partial charge in [0.15, 0.2) is 0 Å². The van der Waals surface area contributed by atoms with Gasteiger partial charge in [0.25, 0.3) is 0 Å². The zero-order valence-electron chi connectivity index (χ0n) is 8.20.